The number of rotatable bonds is 6. The molecule has 1 aromatic heterocycles. The lowest BCUT2D eigenvalue weighted by atomic mass is 10.0. The number of anilines is 1. The average molecular weight is 415 g/mol. The van der Waals surface area contributed by atoms with Crippen LogP contribution in [0.1, 0.15) is 11.1 Å². The van der Waals surface area contributed by atoms with Crippen LogP contribution >= 0.6 is 23.2 Å². The quantitative estimate of drug-likeness (QED) is 0.494. The van der Waals surface area contributed by atoms with E-state index in [1.165, 1.54) is 4.79 Å². The number of fused-ring (bicyclic) bond motifs is 1. The van der Waals surface area contributed by atoms with Gasteiger partial charge in [0, 0.05) is 21.2 Å². The zero-order valence-electron chi connectivity index (χ0n) is 14.6. The second-order valence-corrected chi connectivity index (χ2v) is 6.92. The van der Waals surface area contributed by atoms with Gasteiger partial charge in [0.05, 0.1) is 6.54 Å². The molecule has 3 aromatic carbocycles. The summed E-state index contributed by atoms with van der Waals surface area (Å²) >= 11 is 12.2. The van der Waals surface area contributed by atoms with Gasteiger partial charge < -0.3 is 15.9 Å². The van der Waals surface area contributed by atoms with E-state index < -0.39 is 0 Å². The Kier molecular flexibility index (Phi) is 5.18. The van der Waals surface area contributed by atoms with Crippen molar-refractivity contribution in [2.45, 2.75) is 13.2 Å². The molecule has 1 heterocycles. The summed E-state index contributed by atoms with van der Waals surface area (Å²) in [5.74, 6) is 0.902. The van der Waals surface area contributed by atoms with Gasteiger partial charge in [-0.15, -0.1) is 4.79 Å². The van der Waals surface area contributed by atoms with Crippen LogP contribution in [0.25, 0.3) is 10.8 Å². The Morgan fingerprint density at radius 2 is 1.93 bits per heavy atom. The molecule has 0 bridgehead atoms. The van der Waals surface area contributed by atoms with Crippen LogP contribution < -0.4 is 15.9 Å². The molecule has 0 amide bonds. The molecule has 0 saturated heterocycles. The summed E-state index contributed by atoms with van der Waals surface area (Å²) in [7, 11) is 0. The van der Waals surface area contributed by atoms with E-state index in [0.29, 0.717) is 23.2 Å². The lowest BCUT2D eigenvalue weighted by Gasteiger charge is -2.16. The van der Waals surface area contributed by atoms with E-state index in [1.54, 1.807) is 12.1 Å². The minimum Gasteiger partial charge on any atom is -0.488 e. The summed E-state index contributed by atoms with van der Waals surface area (Å²) in [6, 6.07) is 17.4. The highest BCUT2D eigenvalue weighted by molar-refractivity contribution is 6.35. The van der Waals surface area contributed by atoms with E-state index in [2.05, 4.69) is 21.0 Å². The van der Waals surface area contributed by atoms with Crippen LogP contribution in [0.2, 0.25) is 10.0 Å². The van der Waals surface area contributed by atoms with Crippen LogP contribution in [0.3, 0.4) is 0 Å². The predicted octanol–water partition coefficient (Wildman–Crippen LogP) is 4.04. The molecule has 0 saturated carbocycles. The summed E-state index contributed by atoms with van der Waals surface area (Å²) < 4.78 is 6.09. The minimum atomic E-state index is 0.177. The Balaban J connectivity index is 1.64. The first kappa shape index (κ1) is 18.3. The standard InChI is InChI=1S/C19H16Cl2N6O/c20-14-7-5-13(17(21)9-14)11-28-18-8-6-12-3-1-2-4-15(12)16(18)10-23-27-19(22)24-25-26-27/h1-9,23H,10-11H2,(H2,22,24,26). The number of nitrogens with one attached hydrogen (secondary N) is 1. The van der Waals surface area contributed by atoms with Crippen molar-refractivity contribution in [1.29, 1.82) is 0 Å². The zero-order valence-corrected chi connectivity index (χ0v) is 16.2. The summed E-state index contributed by atoms with van der Waals surface area (Å²) in [5.41, 5.74) is 10.6. The Bertz CT molecular complexity index is 1130. The summed E-state index contributed by atoms with van der Waals surface area (Å²) in [4.78, 5) is 1.32. The molecule has 28 heavy (non-hydrogen) atoms. The summed E-state index contributed by atoms with van der Waals surface area (Å²) in [6.07, 6.45) is 0. The van der Waals surface area contributed by atoms with Crippen LogP contribution in [0, 0.1) is 0 Å². The molecule has 0 unspecified atom stereocenters. The van der Waals surface area contributed by atoms with E-state index in [0.717, 1.165) is 27.6 Å². The third kappa shape index (κ3) is 3.81. The number of nitrogen functional groups attached to an aromatic ring is 1. The number of hydrogen-bond acceptors (Lipinski definition) is 6. The highest BCUT2D eigenvalue weighted by Crippen LogP contribution is 2.30. The van der Waals surface area contributed by atoms with Gasteiger partial charge in [-0.05, 0) is 39.4 Å². The first-order chi connectivity index (χ1) is 13.6. The molecule has 0 aliphatic rings. The minimum absolute atomic E-state index is 0.177. The molecule has 0 atom stereocenters. The molecule has 0 fully saturated rings. The number of aromatic nitrogens is 4. The van der Waals surface area contributed by atoms with Crippen LogP contribution in [0.5, 0.6) is 5.75 Å². The van der Waals surface area contributed by atoms with Crippen LogP contribution in [0.4, 0.5) is 5.95 Å². The molecule has 4 rings (SSSR count). The van der Waals surface area contributed by atoms with Gasteiger partial charge in [0.2, 0.25) is 0 Å². The number of ether oxygens (including phenoxy) is 1. The summed E-state index contributed by atoms with van der Waals surface area (Å²) in [6.45, 7) is 0.731. The Hall–Kier alpha value is -3.03. The fourth-order valence-corrected chi connectivity index (χ4v) is 3.35. The van der Waals surface area contributed by atoms with Crippen LogP contribution in [0.15, 0.2) is 54.6 Å². The number of halogens is 2. The van der Waals surface area contributed by atoms with Crippen molar-refractivity contribution >= 4 is 39.9 Å². The number of nitrogens with two attached hydrogens (primary N) is 1. The second kappa shape index (κ2) is 7.92. The van der Waals surface area contributed by atoms with Gasteiger partial charge in [0.1, 0.15) is 12.4 Å². The first-order valence-corrected chi connectivity index (χ1v) is 9.22. The third-order valence-corrected chi connectivity index (χ3v) is 4.88. The topological polar surface area (TPSA) is 90.9 Å². The van der Waals surface area contributed by atoms with Crippen LogP contribution in [-0.2, 0) is 13.2 Å². The fourth-order valence-electron chi connectivity index (χ4n) is 2.89. The highest BCUT2D eigenvalue weighted by atomic mass is 35.5. The van der Waals surface area contributed by atoms with E-state index in [4.69, 9.17) is 33.7 Å². The van der Waals surface area contributed by atoms with E-state index in [1.807, 2.05) is 42.5 Å². The maximum absolute atomic E-state index is 6.26. The molecule has 0 spiro atoms. The van der Waals surface area contributed by atoms with Crippen molar-refractivity contribution in [1.82, 2.24) is 20.3 Å². The van der Waals surface area contributed by atoms with Crippen LogP contribution in [-0.4, -0.2) is 20.3 Å². The van der Waals surface area contributed by atoms with Gasteiger partial charge >= 0.3 is 0 Å². The predicted molar refractivity (Wildman–Crippen MR) is 110 cm³/mol. The second-order valence-electron chi connectivity index (χ2n) is 6.07. The fraction of sp³-hybridized carbons (Fsp3) is 0.105. The van der Waals surface area contributed by atoms with Crippen molar-refractivity contribution in [3.63, 3.8) is 0 Å². The van der Waals surface area contributed by atoms with Crippen molar-refractivity contribution in [2.75, 3.05) is 11.2 Å². The molecule has 142 valence electrons. The lowest BCUT2D eigenvalue weighted by Crippen LogP contribution is -2.19. The van der Waals surface area contributed by atoms with Crippen molar-refractivity contribution in [3.05, 3.63) is 75.8 Å². The van der Waals surface area contributed by atoms with Crippen molar-refractivity contribution < 1.29 is 4.74 Å². The molecular weight excluding hydrogens is 399 g/mol. The van der Waals surface area contributed by atoms with Gasteiger partial charge in [-0.25, -0.2) is 0 Å². The SMILES string of the molecule is Nc1nnnn1NCc1c(OCc2ccc(Cl)cc2Cl)ccc2ccccc12. The Labute approximate surface area is 171 Å². The smallest absolute Gasteiger partial charge is 0.260 e. The zero-order chi connectivity index (χ0) is 19.5. The summed E-state index contributed by atoms with van der Waals surface area (Å²) in [5, 5.41) is 14.3. The number of hydrogen-bond donors (Lipinski definition) is 2. The average Bonchev–Trinajstić information content (AvgIpc) is 3.10. The van der Waals surface area contributed by atoms with Gasteiger partial charge in [-0.2, -0.15) is 0 Å². The number of tetrazole rings is 1. The number of nitrogens with zero attached hydrogens (tertiary/aromatic N) is 4. The molecule has 9 heteroatoms. The Morgan fingerprint density at radius 3 is 2.71 bits per heavy atom. The third-order valence-electron chi connectivity index (χ3n) is 4.30. The van der Waals surface area contributed by atoms with Gasteiger partial charge in [0.25, 0.3) is 5.95 Å². The van der Waals surface area contributed by atoms with Gasteiger partial charge in [-0.3, -0.25) is 0 Å². The maximum atomic E-state index is 6.26. The molecule has 0 aliphatic heterocycles. The van der Waals surface area contributed by atoms with Crippen molar-refractivity contribution in [2.24, 2.45) is 0 Å². The monoisotopic (exact) mass is 414 g/mol. The maximum Gasteiger partial charge on any atom is 0.260 e. The molecular formula is C19H16Cl2N6O. The van der Waals surface area contributed by atoms with E-state index >= 15 is 0 Å². The molecule has 0 radical (unpaired) electrons. The van der Waals surface area contributed by atoms with E-state index in [9.17, 15) is 0 Å². The molecule has 3 N–H and O–H groups in total. The highest BCUT2D eigenvalue weighted by Gasteiger charge is 2.11. The Morgan fingerprint density at radius 1 is 1.07 bits per heavy atom. The first-order valence-electron chi connectivity index (χ1n) is 8.47. The number of benzene rings is 3. The molecule has 0 aliphatic carbocycles. The lowest BCUT2D eigenvalue weighted by molar-refractivity contribution is 0.303. The van der Waals surface area contributed by atoms with E-state index in [-0.39, 0.29) is 5.95 Å². The van der Waals surface area contributed by atoms with Gasteiger partial charge in [-0.1, -0.05) is 64.7 Å². The largest absolute Gasteiger partial charge is 0.488 e. The van der Waals surface area contributed by atoms with Gasteiger partial charge in [0.15, 0.2) is 0 Å². The molecule has 7 nitrogen and oxygen atoms in total. The normalized spacial score (nSPS) is 10.9. The van der Waals surface area contributed by atoms with Crippen molar-refractivity contribution in [3.8, 4) is 5.75 Å². The molecule has 4 aromatic rings.